The van der Waals surface area contributed by atoms with E-state index < -0.39 is 4.92 Å². The van der Waals surface area contributed by atoms with Gasteiger partial charge in [0.1, 0.15) is 6.54 Å². The Morgan fingerprint density at radius 3 is 2.33 bits per heavy atom. The van der Waals surface area contributed by atoms with Crippen LogP contribution >= 0.6 is 11.3 Å². The van der Waals surface area contributed by atoms with Crippen LogP contribution in [0.3, 0.4) is 0 Å². The van der Waals surface area contributed by atoms with E-state index in [9.17, 15) is 24.5 Å². The number of non-ortho nitro benzene ring substituents is 1. The summed E-state index contributed by atoms with van der Waals surface area (Å²) in [4.78, 5) is 58.6. The van der Waals surface area contributed by atoms with Crippen molar-refractivity contribution in [3.05, 3.63) is 81.3 Å². The Morgan fingerprint density at radius 1 is 1.05 bits per heavy atom. The number of anilines is 2. The monoisotopic (exact) mass is 550 g/mol. The highest BCUT2D eigenvalue weighted by Crippen LogP contribution is 2.22. The lowest BCUT2D eigenvalue weighted by Crippen LogP contribution is -2.49. The van der Waals surface area contributed by atoms with Gasteiger partial charge in [-0.05, 0) is 38.1 Å². The van der Waals surface area contributed by atoms with Gasteiger partial charge in [0.15, 0.2) is 5.13 Å². The summed E-state index contributed by atoms with van der Waals surface area (Å²) < 4.78 is 0. The lowest BCUT2D eigenvalue weighted by atomic mass is 10.1. The number of carbonyl (C=O) groups excluding carboxylic acids is 3. The van der Waals surface area contributed by atoms with Crippen molar-refractivity contribution in [1.82, 2.24) is 14.8 Å². The van der Waals surface area contributed by atoms with Crippen molar-refractivity contribution in [3.8, 4) is 0 Å². The Kier molecular flexibility index (Phi) is 8.87. The number of nitro groups is 1. The number of piperazine rings is 1. The molecule has 0 aliphatic carbocycles. The number of amides is 3. The normalized spacial score (nSPS) is 13.3. The molecular formula is C27H30N6O5S. The zero-order valence-electron chi connectivity index (χ0n) is 21.8. The topological polar surface area (TPSA) is 129 Å². The number of nitrogens with zero attached hydrogens (tertiary/aromatic N) is 5. The van der Waals surface area contributed by atoms with E-state index in [1.807, 2.05) is 19.9 Å². The molecule has 2 aromatic carbocycles. The number of nitrogens with one attached hydrogen (secondary N) is 1. The summed E-state index contributed by atoms with van der Waals surface area (Å²) in [6.45, 7) is 5.90. The van der Waals surface area contributed by atoms with E-state index >= 15 is 0 Å². The molecule has 1 saturated heterocycles. The van der Waals surface area contributed by atoms with E-state index in [2.05, 4.69) is 15.2 Å². The predicted molar refractivity (Wildman–Crippen MR) is 149 cm³/mol. The largest absolute Gasteiger partial charge is 0.368 e. The molecule has 204 valence electrons. The number of nitro benzene ring substituents is 1. The minimum Gasteiger partial charge on any atom is -0.368 e. The number of benzene rings is 2. The van der Waals surface area contributed by atoms with Crippen molar-refractivity contribution in [2.75, 3.05) is 42.9 Å². The van der Waals surface area contributed by atoms with E-state index in [-0.39, 0.29) is 42.4 Å². The summed E-state index contributed by atoms with van der Waals surface area (Å²) in [6.07, 6.45) is 0.120. The first-order chi connectivity index (χ1) is 18.7. The molecule has 39 heavy (non-hydrogen) atoms. The van der Waals surface area contributed by atoms with Gasteiger partial charge in [0.2, 0.25) is 11.8 Å². The maximum Gasteiger partial charge on any atom is 0.269 e. The minimum atomic E-state index is -0.428. The molecule has 1 aromatic heterocycles. The average Bonchev–Trinajstić information content (AvgIpc) is 3.38. The Hall–Kier alpha value is -4.32. The smallest absolute Gasteiger partial charge is 0.269 e. The van der Waals surface area contributed by atoms with Crippen molar-refractivity contribution >= 4 is 45.6 Å². The molecular weight excluding hydrogens is 520 g/mol. The molecule has 1 N–H and O–H groups in total. The molecule has 12 heteroatoms. The summed E-state index contributed by atoms with van der Waals surface area (Å²) in [6, 6.07) is 15.1. The van der Waals surface area contributed by atoms with Crippen molar-refractivity contribution in [1.29, 1.82) is 0 Å². The summed E-state index contributed by atoms with van der Waals surface area (Å²) in [7, 11) is 0. The molecule has 3 amide bonds. The molecule has 0 unspecified atom stereocenters. The minimum absolute atomic E-state index is 0.0457. The van der Waals surface area contributed by atoms with Crippen molar-refractivity contribution in [2.45, 2.75) is 26.3 Å². The van der Waals surface area contributed by atoms with Crippen LogP contribution in [0.15, 0.2) is 60.0 Å². The van der Waals surface area contributed by atoms with Crippen LogP contribution in [0.4, 0.5) is 16.5 Å². The summed E-state index contributed by atoms with van der Waals surface area (Å²) >= 11 is 1.23. The fourth-order valence-corrected chi connectivity index (χ4v) is 4.99. The van der Waals surface area contributed by atoms with Crippen LogP contribution in [-0.2, 0) is 16.0 Å². The van der Waals surface area contributed by atoms with Gasteiger partial charge >= 0.3 is 0 Å². The molecule has 0 saturated carbocycles. The van der Waals surface area contributed by atoms with Crippen LogP contribution in [0.1, 0.15) is 29.9 Å². The number of carbonyl (C=O) groups is 3. The summed E-state index contributed by atoms with van der Waals surface area (Å²) in [5.74, 6) is -0.636. The van der Waals surface area contributed by atoms with Crippen LogP contribution in [0.2, 0.25) is 0 Å². The fourth-order valence-electron chi connectivity index (χ4n) is 4.26. The highest BCUT2D eigenvalue weighted by molar-refractivity contribution is 7.13. The highest BCUT2D eigenvalue weighted by atomic mass is 32.1. The molecule has 0 spiro atoms. The van der Waals surface area contributed by atoms with Gasteiger partial charge in [-0.3, -0.25) is 24.5 Å². The van der Waals surface area contributed by atoms with Crippen LogP contribution in [-0.4, -0.2) is 76.2 Å². The highest BCUT2D eigenvalue weighted by Gasteiger charge is 2.24. The lowest BCUT2D eigenvalue weighted by molar-refractivity contribution is -0.384. The quantitative estimate of drug-likeness (QED) is 0.319. The molecule has 1 fully saturated rings. The van der Waals surface area contributed by atoms with Crippen molar-refractivity contribution in [3.63, 3.8) is 0 Å². The Bertz CT molecular complexity index is 1320. The van der Waals surface area contributed by atoms with E-state index in [1.54, 1.807) is 46.7 Å². The maximum atomic E-state index is 12.9. The molecule has 3 aromatic rings. The Morgan fingerprint density at radius 2 is 1.72 bits per heavy atom. The van der Waals surface area contributed by atoms with Crippen LogP contribution in [0.5, 0.6) is 0 Å². The predicted octanol–water partition coefficient (Wildman–Crippen LogP) is 3.43. The average molecular weight is 551 g/mol. The third kappa shape index (κ3) is 7.17. The van der Waals surface area contributed by atoms with Crippen molar-refractivity contribution in [2.24, 2.45) is 0 Å². The van der Waals surface area contributed by atoms with Crippen LogP contribution in [0, 0.1) is 10.1 Å². The number of hydrogen-bond acceptors (Lipinski definition) is 8. The molecule has 2 heterocycles. The molecule has 4 rings (SSSR count). The molecule has 1 aliphatic rings. The fraction of sp³-hybridized carbons (Fsp3) is 0.333. The molecule has 11 nitrogen and oxygen atoms in total. The van der Waals surface area contributed by atoms with E-state index in [1.165, 1.54) is 28.4 Å². The Labute approximate surface area is 230 Å². The van der Waals surface area contributed by atoms with Gasteiger partial charge in [0, 0.05) is 61.0 Å². The van der Waals surface area contributed by atoms with E-state index in [0.29, 0.717) is 42.6 Å². The van der Waals surface area contributed by atoms with E-state index in [0.717, 1.165) is 5.69 Å². The second kappa shape index (κ2) is 12.5. The van der Waals surface area contributed by atoms with Gasteiger partial charge in [0.25, 0.3) is 11.6 Å². The Balaban J connectivity index is 1.26. The van der Waals surface area contributed by atoms with Crippen LogP contribution in [0.25, 0.3) is 0 Å². The van der Waals surface area contributed by atoms with Gasteiger partial charge in [-0.15, -0.1) is 11.3 Å². The second-order valence-electron chi connectivity index (χ2n) is 9.40. The number of hydrogen-bond donors (Lipinski definition) is 1. The zero-order valence-corrected chi connectivity index (χ0v) is 22.6. The van der Waals surface area contributed by atoms with Crippen molar-refractivity contribution < 1.29 is 19.3 Å². The first-order valence-corrected chi connectivity index (χ1v) is 13.5. The first-order valence-electron chi connectivity index (χ1n) is 12.6. The number of rotatable bonds is 9. The third-order valence-electron chi connectivity index (χ3n) is 6.41. The van der Waals surface area contributed by atoms with Crippen LogP contribution < -0.4 is 10.2 Å². The van der Waals surface area contributed by atoms with Gasteiger partial charge in [-0.1, -0.05) is 18.2 Å². The summed E-state index contributed by atoms with van der Waals surface area (Å²) in [5, 5.41) is 15.7. The standard InChI is InChI=1S/C27H30N6O5S/c1-19(2)32(26(36)20-6-4-3-5-7-20)17-24(34)29-27-28-21(18-39-27)16-25(35)31-14-12-30(13-15-31)22-8-10-23(11-9-22)33(37)38/h3-11,18-19H,12-17H2,1-2H3,(H,28,29,34). The van der Waals surface area contributed by atoms with E-state index in [4.69, 9.17) is 0 Å². The zero-order chi connectivity index (χ0) is 27.9. The van der Waals surface area contributed by atoms with Gasteiger partial charge in [-0.25, -0.2) is 4.98 Å². The molecule has 0 atom stereocenters. The van der Waals surface area contributed by atoms with Gasteiger partial charge in [-0.2, -0.15) is 0 Å². The number of aromatic nitrogens is 1. The summed E-state index contributed by atoms with van der Waals surface area (Å²) in [5.41, 5.74) is 2.01. The van der Waals surface area contributed by atoms with Gasteiger partial charge in [0.05, 0.1) is 17.0 Å². The number of thiazole rings is 1. The second-order valence-corrected chi connectivity index (χ2v) is 10.3. The molecule has 0 bridgehead atoms. The lowest BCUT2D eigenvalue weighted by Gasteiger charge is -2.36. The third-order valence-corrected chi connectivity index (χ3v) is 7.21. The SMILES string of the molecule is CC(C)N(CC(=O)Nc1nc(CC(=O)N2CCN(c3ccc([N+](=O)[O-])cc3)CC2)cs1)C(=O)c1ccccc1. The first kappa shape index (κ1) is 27.7. The molecule has 0 radical (unpaired) electrons. The maximum absolute atomic E-state index is 12.9. The van der Waals surface area contributed by atoms with Gasteiger partial charge < -0.3 is 20.0 Å². The molecule has 1 aliphatic heterocycles.